The summed E-state index contributed by atoms with van der Waals surface area (Å²) in [6.07, 6.45) is 0. The van der Waals surface area contributed by atoms with Crippen LogP contribution in [-0.4, -0.2) is 0 Å². The van der Waals surface area contributed by atoms with Crippen molar-refractivity contribution in [3.63, 3.8) is 0 Å². The van der Waals surface area contributed by atoms with Gasteiger partial charge in [-0.1, -0.05) is 169 Å². The van der Waals surface area contributed by atoms with E-state index in [4.69, 9.17) is 16.0 Å². The van der Waals surface area contributed by atoms with E-state index in [1.54, 1.807) is 0 Å². The molecule has 3 heteroatoms. The predicted molar refractivity (Wildman–Crippen MR) is 241 cm³/mol. The Morgan fingerprint density at radius 3 is 1.71 bits per heavy atom. The summed E-state index contributed by atoms with van der Waals surface area (Å²) >= 11 is 6.95. The second-order valence-electron chi connectivity index (χ2n) is 15.3. The number of fused-ring (bicyclic) bond motifs is 13. The van der Waals surface area contributed by atoms with E-state index < -0.39 is 5.41 Å². The van der Waals surface area contributed by atoms with Crippen LogP contribution in [0.1, 0.15) is 22.3 Å². The van der Waals surface area contributed by atoms with E-state index >= 15 is 0 Å². The van der Waals surface area contributed by atoms with Crippen molar-refractivity contribution in [3.8, 4) is 44.5 Å². The molecule has 1 heterocycles. The average Bonchev–Trinajstić information content (AvgIpc) is 3.92. The Bertz CT molecular complexity index is 3190. The highest BCUT2D eigenvalue weighted by molar-refractivity contribution is 6.31. The van der Waals surface area contributed by atoms with Crippen LogP contribution < -0.4 is 4.90 Å². The minimum atomic E-state index is -0.517. The van der Waals surface area contributed by atoms with Gasteiger partial charge in [0, 0.05) is 38.3 Å². The number of anilines is 3. The molecular formula is C55H34ClNO. The predicted octanol–water partition coefficient (Wildman–Crippen LogP) is 15.4. The summed E-state index contributed by atoms with van der Waals surface area (Å²) in [5.74, 6) is 0. The molecule has 1 spiro atoms. The molecule has 2 aliphatic carbocycles. The van der Waals surface area contributed by atoms with Crippen LogP contribution in [0.5, 0.6) is 0 Å². The summed E-state index contributed by atoms with van der Waals surface area (Å²) in [5, 5.41) is 2.99. The van der Waals surface area contributed by atoms with Gasteiger partial charge in [0.2, 0.25) is 0 Å². The highest BCUT2D eigenvalue weighted by Gasteiger charge is 2.52. The third kappa shape index (κ3) is 4.67. The molecule has 0 radical (unpaired) electrons. The first-order valence-corrected chi connectivity index (χ1v) is 20.2. The summed E-state index contributed by atoms with van der Waals surface area (Å²) in [5.41, 5.74) is 19.1. The molecule has 12 rings (SSSR count). The Hall–Kier alpha value is -7.13. The molecule has 0 atom stereocenters. The number of benzene rings is 9. The van der Waals surface area contributed by atoms with Crippen LogP contribution >= 0.6 is 11.6 Å². The van der Waals surface area contributed by atoms with Crippen molar-refractivity contribution in [2.45, 2.75) is 5.41 Å². The molecular weight excluding hydrogens is 726 g/mol. The maximum absolute atomic E-state index is 6.95. The standard InChI is InChI=1S/C55H34ClNO/c56-38-28-33-46-50(34-38)55(47-19-7-4-14-42(47)43-15-5-8-20-48(43)55)49-21-11-22-51(53(46)49)57(39-29-24-36(25-30-39)35-12-2-1-3-13-35)40-31-26-37(27-32-40)41-17-10-18-45-44-16-6-9-23-52(44)58-54(41)45/h1-34H. The van der Waals surface area contributed by atoms with Gasteiger partial charge in [0.25, 0.3) is 0 Å². The highest BCUT2D eigenvalue weighted by atomic mass is 35.5. The van der Waals surface area contributed by atoms with E-state index in [1.807, 2.05) is 18.2 Å². The fraction of sp³-hybridized carbons (Fsp3) is 0.0182. The number of halogens is 1. The van der Waals surface area contributed by atoms with Crippen molar-refractivity contribution in [2.24, 2.45) is 0 Å². The molecule has 0 N–H and O–H groups in total. The maximum Gasteiger partial charge on any atom is 0.143 e. The van der Waals surface area contributed by atoms with Crippen LogP contribution in [0.25, 0.3) is 66.4 Å². The molecule has 0 bridgehead atoms. The van der Waals surface area contributed by atoms with Gasteiger partial charge in [-0.05, 0) is 104 Å². The molecule has 272 valence electrons. The summed E-state index contributed by atoms with van der Waals surface area (Å²) in [4.78, 5) is 2.42. The van der Waals surface area contributed by atoms with Crippen LogP contribution in [0.4, 0.5) is 17.1 Å². The number of nitrogens with zero attached hydrogens (tertiary/aromatic N) is 1. The number of furan rings is 1. The largest absolute Gasteiger partial charge is 0.455 e. The Morgan fingerprint density at radius 1 is 0.397 bits per heavy atom. The Morgan fingerprint density at radius 2 is 0.966 bits per heavy atom. The van der Waals surface area contributed by atoms with E-state index in [0.717, 1.165) is 55.2 Å². The zero-order chi connectivity index (χ0) is 38.4. The second-order valence-corrected chi connectivity index (χ2v) is 15.7. The van der Waals surface area contributed by atoms with Crippen LogP contribution in [0, 0.1) is 0 Å². The van der Waals surface area contributed by atoms with Crippen molar-refractivity contribution in [1.82, 2.24) is 0 Å². The van der Waals surface area contributed by atoms with Crippen molar-refractivity contribution in [2.75, 3.05) is 4.90 Å². The fourth-order valence-electron chi connectivity index (χ4n) is 9.95. The number of hydrogen-bond acceptors (Lipinski definition) is 2. The van der Waals surface area contributed by atoms with Gasteiger partial charge in [0.1, 0.15) is 11.2 Å². The monoisotopic (exact) mass is 759 g/mol. The number of rotatable bonds is 5. The molecule has 0 aliphatic heterocycles. The molecule has 10 aromatic rings. The fourth-order valence-corrected chi connectivity index (χ4v) is 10.1. The van der Waals surface area contributed by atoms with Crippen molar-refractivity contribution in [1.29, 1.82) is 0 Å². The van der Waals surface area contributed by atoms with E-state index in [9.17, 15) is 0 Å². The van der Waals surface area contributed by atoms with E-state index in [-0.39, 0.29) is 0 Å². The maximum atomic E-state index is 6.95. The number of hydrogen-bond donors (Lipinski definition) is 0. The van der Waals surface area contributed by atoms with Gasteiger partial charge in [0.15, 0.2) is 0 Å². The smallest absolute Gasteiger partial charge is 0.143 e. The normalized spacial score (nSPS) is 13.1. The molecule has 58 heavy (non-hydrogen) atoms. The minimum absolute atomic E-state index is 0.517. The van der Waals surface area contributed by atoms with Gasteiger partial charge in [-0.3, -0.25) is 0 Å². The van der Waals surface area contributed by atoms with Crippen LogP contribution in [0.15, 0.2) is 211 Å². The summed E-state index contributed by atoms with van der Waals surface area (Å²) in [7, 11) is 0. The molecule has 0 amide bonds. The van der Waals surface area contributed by atoms with Crippen molar-refractivity contribution >= 4 is 50.6 Å². The van der Waals surface area contributed by atoms with Crippen LogP contribution in [-0.2, 0) is 5.41 Å². The van der Waals surface area contributed by atoms with Gasteiger partial charge in [-0.25, -0.2) is 0 Å². The third-order valence-electron chi connectivity index (χ3n) is 12.4. The van der Waals surface area contributed by atoms with Gasteiger partial charge < -0.3 is 9.32 Å². The zero-order valence-corrected chi connectivity index (χ0v) is 32.1. The molecule has 1 aromatic heterocycles. The lowest BCUT2D eigenvalue weighted by molar-refractivity contribution is 0.670. The first kappa shape index (κ1) is 33.1. The quantitative estimate of drug-likeness (QED) is 0.174. The molecule has 0 saturated carbocycles. The molecule has 2 nitrogen and oxygen atoms in total. The first-order chi connectivity index (χ1) is 28.7. The highest BCUT2D eigenvalue weighted by Crippen LogP contribution is 2.65. The van der Waals surface area contributed by atoms with Gasteiger partial charge in [-0.15, -0.1) is 0 Å². The summed E-state index contributed by atoms with van der Waals surface area (Å²) < 4.78 is 6.47. The minimum Gasteiger partial charge on any atom is -0.455 e. The van der Waals surface area contributed by atoms with Gasteiger partial charge >= 0.3 is 0 Å². The van der Waals surface area contributed by atoms with E-state index in [1.165, 1.54) is 55.6 Å². The lowest BCUT2D eigenvalue weighted by Crippen LogP contribution is -2.26. The van der Waals surface area contributed by atoms with Gasteiger partial charge in [-0.2, -0.15) is 0 Å². The second kappa shape index (κ2) is 12.7. The molecule has 0 unspecified atom stereocenters. The van der Waals surface area contributed by atoms with Gasteiger partial charge in [0.05, 0.1) is 11.1 Å². The van der Waals surface area contributed by atoms with Crippen LogP contribution in [0.2, 0.25) is 5.02 Å². The molecule has 2 aliphatic rings. The zero-order valence-electron chi connectivity index (χ0n) is 31.4. The SMILES string of the molecule is Clc1ccc2c(c1)C1(c3ccccc3-c3ccccc31)c1cccc(N(c3ccc(-c4ccccc4)cc3)c3ccc(-c4cccc5c4oc4ccccc45)cc3)c1-2. The lowest BCUT2D eigenvalue weighted by Gasteiger charge is -2.32. The number of para-hydroxylation sites is 2. The molecule has 9 aromatic carbocycles. The Balaban J connectivity index is 1.08. The van der Waals surface area contributed by atoms with E-state index in [0.29, 0.717) is 0 Å². The Kier molecular flexibility index (Phi) is 7.23. The molecule has 0 fully saturated rings. The molecule has 0 saturated heterocycles. The third-order valence-corrected chi connectivity index (χ3v) is 12.6. The van der Waals surface area contributed by atoms with E-state index in [2.05, 4.69) is 193 Å². The summed E-state index contributed by atoms with van der Waals surface area (Å²) in [6, 6.07) is 74.3. The lowest BCUT2D eigenvalue weighted by atomic mass is 9.70. The first-order valence-electron chi connectivity index (χ1n) is 19.8. The topological polar surface area (TPSA) is 16.4 Å². The summed E-state index contributed by atoms with van der Waals surface area (Å²) in [6.45, 7) is 0. The van der Waals surface area contributed by atoms with Crippen molar-refractivity contribution < 1.29 is 4.42 Å². The van der Waals surface area contributed by atoms with Crippen LogP contribution in [0.3, 0.4) is 0 Å². The van der Waals surface area contributed by atoms with Crippen molar-refractivity contribution in [3.05, 3.63) is 234 Å². The Labute approximate surface area is 341 Å². The average molecular weight is 760 g/mol.